The van der Waals surface area contributed by atoms with Gasteiger partial charge in [0.1, 0.15) is 0 Å². The normalized spacial score (nSPS) is 23.1. The first kappa shape index (κ1) is 15.0. The molecule has 0 heterocycles. The molecule has 0 radical (unpaired) electrons. The number of hydrogen-bond acceptors (Lipinski definition) is 1. The first-order valence-electron chi connectivity index (χ1n) is 6.74. The van der Waals surface area contributed by atoms with Crippen LogP contribution in [-0.2, 0) is 0 Å². The zero-order chi connectivity index (χ0) is 13.8. The maximum Gasteiger partial charge on any atom is 0.251 e. The van der Waals surface area contributed by atoms with E-state index in [-0.39, 0.29) is 5.91 Å². The van der Waals surface area contributed by atoms with Crippen LogP contribution in [-0.4, -0.2) is 17.3 Å². The fourth-order valence-electron chi connectivity index (χ4n) is 2.62. The number of alkyl halides is 1. The summed E-state index contributed by atoms with van der Waals surface area (Å²) < 4.78 is 0.954. The molecule has 0 saturated heterocycles. The zero-order valence-corrected chi connectivity index (χ0v) is 14.3. The van der Waals surface area contributed by atoms with Crippen molar-refractivity contribution in [2.45, 2.75) is 37.4 Å². The van der Waals surface area contributed by atoms with Gasteiger partial charge in [-0.05, 0) is 55.9 Å². The number of rotatable bonds is 3. The average molecular weight is 389 g/mol. The monoisotopic (exact) mass is 387 g/mol. The molecule has 0 spiro atoms. The molecular weight excluding hydrogens is 370 g/mol. The quantitative estimate of drug-likeness (QED) is 0.762. The number of carbonyl (C=O) groups excluding carboxylic acids is 1. The van der Waals surface area contributed by atoms with Gasteiger partial charge in [0, 0.05) is 21.4 Å². The van der Waals surface area contributed by atoms with Crippen molar-refractivity contribution in [3.8, 4) is 0 Å². The van der Waals surface area contributed by atoms with Crippen molar-refractivity contribution in [2.75, 3.05) is 6.54 Å². The lowest BCUT2D eigenvalue weighted by Crippen LogP contribution is -2.32. The second kappa shape index (κ2) is 6.89. The number of amides is 1. The Morgan fingerprint density at radius 2 is 2.16 bits per heavy atom. The van der Waals surface area contributed by atoms with E-state index < -0.39 is 0 Å². The molecule has 1 N–H and O–H groups in total. The number of carbonyl (C=O) groups is 1. The van der Waals surface area contributed by atoms with Gasteiger partial charge in [-0.3, -0.25) is 4.79 Å². The largest absolute Gasteiger partial charge is 0.352 e. The predicted octanol–water partition coefficient (Wildman–Crippen LogP) is 4.44. The molecule has 1 aromatic carbocycles. The van der Waals surface area contributed by atoms with Crippen molar-refractivity contribution >= 4 is 37.8 Å². The molecular formula is C15H19Br2NO. The topological polar surface area (TPSA) is 29.1 Å². The fourth-order valence-corrected chi connectivity index (χ4v) is 4.08. The second-order valence-electron chi connectivity index (χ2n) is 5.36. The van der Waals surface area contributed by atoms with Crippen molar-refractivity contribution in [3.05, 3.63) is 33.8 Å². The minimum Gasteiger partial charge on any atom is -0.352 e. The maximum absolute atomic E-state index is 12.1. The highest BCUT2D eigenvalue weighted by atomic mass is 79.9. The first-order chi connectivity index (χ1) is 9.04. The Bertz CT molecular complexity index is 441. The maximum atomic E-state index is 12.1. The van der Waals surface area contributed by atoms with Gasteiger partial charge in [0.05, 0.1) is 0 Å². The third kappa shape index (κ3) is 4.60. The van der Waals surface area contributed by atoms with Crippen LogP contribution >= 0.6 is 31.9 Å². The molecule has 2 atom stereocenters. The molecule has 2 nitrogen and oxygen atoms in total. The minimum absolute atomic E-state index is 0.0288. The fraction of sp³-hybridized carbons (Fsp3) is 0.533. The van der Waals surface area contributed by atoms with Crippen LogP contribution in [0.3, 0.4) is 0 Å². The number of aryl methyl sites for hydroxylation is 1. The van der Waals surface area contributed by atoms with Crippen LogP contribution in [0, 0.1) is 12.8 Å². The highest BCUT2D eigenvalue weighted by Crippen LogP contribution is 2.28. The molecule has 19 heavy (non-hydrogen) atoms. The molecule has 1 amide bonds. The summed E-state index contributed by atoms with van der Waals surface area (Å²) in [5.74, 6) is 0.636. The Kier molecular flexibility index (Phi) is 5.46. The summed E-state index contributed by atoms with van der Waals surface area (Å²) in [6, 6.07) is 5.80. The molecule has 2 unspecified atom stereocenters. The second-order valence-corrected chi connectivity index (χ2v) is 7.57. The molecule has 2 rings (SSSR count). The number of hydrogen-bond donors (Lipinski definition) is 1. The van der Waals surface area contributed by atoms with Gasteiger partial charge >= 0.3 is 0 Å². The van der Waals surface area contributed by atoms with Crippen LogP contribution in [0.2, 0.25) is 0 Å². The van der Waals surface area contributed by atoms with E-state index in [0.29, 0.717) is 10.7 Å². The summed E-state index contributed by atoms with van der Waals surface area (Å²) in [5, 5.41) is 3.06. The molecule has 1 fully saturated rings. The van der Waals surface area contributed by atoms with Crippen LogP contribution in [0.15, 0.2) is 22.7 Å². The lowest BCUT2D eigenvalue weighted by atomic mass is 9.89. The summed E-state index contributed by atoms with van der Waals surface area (Å²) in [6.07, 6.45) is 4.90. The number of halogens is 2. The van der Waals surface area contributed by atoms with Gasteiger partial charge in [-0.1, -0.05) is 38.3 Å². The van der Waals surface area contributed by atoms with Crippen molar-refractivity contribution in [3.63, 3.8) is 0 Å². The van der Waals surface area contributed by atoms with Gasteiger partial charge in [0.2, 0.25) is 0 Å². The third-order valence-corrected chi connectivity index (χ3v) is 4.86. The van der Waals surface area contributed by atoms with Gasteiger partial charge in [-0.15, -0.1) is 0 Å². The van der Waals surface area contributed by atoms with E-state index >= 15 is 0 Å². The van der Waals surface area contributed by atoms with Gasteiger partial charge in [0.25, 0.3) is 5.91 Å². The van der Waals surface area contributed by atoms with E-state index in [4.69, 9.17) is 0 Å². The van der Waals surface area contributed by atoms with Gasteiger partial charge in [-0.25, -0.2) is 0 Å². The summed E-state index contributed by atoms with van der Waals surface area (Å²) >= 11 is 7.11. The summed E-state index contributed by atoms with van der Waals surface area (Å²) in [6.45, 7) is 2.78. The van der Waals surface area contributed by atoms with Crippen LogP contribution < -0.4 is 5.32 Å². The molecule has 0 bridgehead atoms. The number of nitrogens with one attached hydrogen (secondary N) is 1. The predicted molar refractivity (Wildman–Crippen MR) is 85.9 cm³/mol. The van der Waals surface area contributed by atoms with Gasteiger partial charge < -0.3 is 5.32 Å². The van der Waals surface area contributed by atoms with Crippen LogP contribution in [0.5, 0.6) is 0 Å². The molecule has 1 aromatic rings. The molecule has 4 heteroatoms. The smallest absolute Gasteiger partial charge is 0.251 e. The average Bonchev–Trinajstić information content (AvgIpc) is 2.35. The van der Waals surface area contributed by atoms with Crippen molar-refractivity contribution < 1.29 is 4.79 Å². The summed E-state index contributed by atoms with van der Waals surface area (Å²) in [4.78, 5) is 12.8. The molecule has 1 aliphatic rings. The molecule has 104 valence electrons. The zero-order valence-electron chi connectivity index (χ0n) is 11.1. The summed E-state index contributed by atoms with van der Waals surface area (Å²) in [5.41, 5.74) is 1.83. The Morgan fingerprint density at radius 3 is 2.84 bits per heavy atom. The molecule has 0 aliphatic heterocycles. The highest BCUT2D eigenvalue weighted by Gasteiger charge is 2.20. The van der Waals surface area contributed by atoms with Gasteiger partial charge in [-0.2, -0.15) is 0 Å². The minimum atomic E-state index is 0.0288. The van der Waals surface area contributed by atoms with E-state index in [2.05, 4.69) is 37.2 Å². The Balaban J connectivity index is 1.90. The molecule has 1 aliphatic carbocycles. The SMILES string of the molecule is Cc1cc(Br)cc(C(=O)NCC2CCCC(Br)C2)c1. The Morgan fingerprint density at radius 1 is 1.37 bits per heavy atom. The lowest BCUT2D eigenvalue weighted by molar-refractivity contribution is 0.0943. The van der Waals surface area contributed by atoms with Crippen LogP contribution in [0.25, 0.3) is 0 Å². The lowest BCUT2D eigenvalue weighted by Gasteiger charge is -2.25. The van der Waals surface area contributed by atoms with E-state index in [1.807, 2.05) is 25.1 Å². The highest BCUT2D eigenvalue weighted by molar-refractivity contribution is 9.10. The van der Waals surface area contributed by atoms with Crippen LogP contribution in [0.1, 0.15) is 41.6 Å². The van der Waals surface area contributed by atoms with Gasteiger partial charge in [0.15, 0.2) is 0 Å². The van der Waals surface area contributed by atoms with E-state index in [0.717, 1.165) is 28.6 Å². The first-order valence-corrected chi connectivity index (χ1v) is 8.45. The van der Waals surface area contributed by atoms with Crippen molar-refractivity contribution in [1.82, 2.24) is 5.32 Å². The van der Waals surface area contributed by atoms with Crippen molar-refractivity contribution in [1.29, 1.82) is 0 Å². The van der Waals surface area contributed by atoms with E-state index in [1.165, 1.54) is 19.3 Å². The summed E-state index contributed by atoms with van der Waals surface area (Å²) in [7, 11) is 0. The van der Waals surface area contributed by atoms with E-state index in [9.17, 15) is 4.79 Å². The number of benzene rings is 1. The Hall–Kier alpha value is -0.350. The molecule has 0 aromatic heterocycles. The third-order valence-electron chi connectivity index (χ3n) is 3.57. The van der Waals surface area contributed by atoms with E-state index in [1.54, 1.807) is 0 Å². The molecule has 1 saturated carbocycles. The van der Waals surface area contributed by atoms with Crippen molar-refractivity contribution in [2.24, 2.45) is 5.92 Å². The van der Waals surface area contributed by atoms with Crippen LogP contribution in [0.4, 0.5) is 0 Å². The Labute approximate surface area is 131 Å². The standard InChI is InChI=1S/C15H19Br2NO/c1-10-5-12(8-14(17)6-10)15(19)18-9-11-3-2-4-13(16)7-11/h5-6,8,11,13H,2-4,7,9H2,1H3,(H,18,19).